The largest absolute Gasteiger partial charge is 0.395 e. The van der Waals surface area contributed by atoms with E-state index in [4.69, 9.17) is 0 Å². The van der Waals surface area contributed by atoms with Crippen molar-refractivity contribution in [3.63, 3.8) is 0 Å². The molecule has 0 saturated heterocycles. The standard InChI is InChI=1S/C26H37N3O3/c1-27(10-11-28(14-17-30)12-13-29(15-18-31)16-19-32)21-26-24-8-4-2-6-22(24)20-23-7-3-5-9-25(23)26/h2-9,20,30-32H,10-19,21H2,1H3. The molecule has 32 heavy (non-hydrogen) atoms. The van der Waals surface area contributed by atoms with Gasteiger partial charge in [-0.05, 0) is 40.2 Å². The molecule has 0 aliphatic heterocycles. The molecule has 3 N–H and O–H groups in total. The van der Waals surface area contributed by atoms with Crippen molar-refractivity contribution in [2.24, 2.45) is 0 Å². The van der Waals surface area contributed by atoms with Crippen LogP contribution in [0, 0.1) is 0 Å². The summed E-state index contributed by atoms with van der Waals surface area (Å²) < 4.78 is 0. The number of aliphatic hydroxyl groups is 3. The topological polar surface area (TPSA) is 70.4 Å². The van der Waals surface area contributed by atoms with Crippen LogP contribution in [-0.4, -0.2) is 103 Å². The minimum absolute atomic E-state index is 0.0850. The first-order valence-electron chi connectivity index (χ1n) is 11.5. The zero-order valence-corrected chi connectivity index (χ0v) is 19.2. The highest BCUT2D eigenvalue weighted by Crippen LogP contribution is 2.29. The molecule has 3 aromatic carbocycles. The molecule has 0 heterocycles. The highest BCUT2D eigenvalue weighted by atomic mass is 16.3. The lowest BCUT2D eigenvalue weighted by molar-refractivity contribution is 0.127. The summed E-state index contributed by atoms with van der Waals surface area (Å²) in [5.74, 6) is 0. The molecule has 0 radical (unpaired) electrons. The lowest BCUT2D eigenvalue weighted by atomic mass is 9.96. The van der Waals surface area contributed by atoms with Crippen LogP contribution >= 0.6 is 0 Å². The van der Waals surface area contributed by atoms with Crippen molar-refractivity contribution in [1.82, 2.24) is 14.7 Å². The first-order valence-corrected chi connectivity index (χ1v) is 11.5. The summed E-state index contributed by atoms with van der Waals surface area (Å²) in [6.45, 7) is 6.19. The Balaban J connectivity index is 1.66. The second-order valence-electron chi connectivity index (χ2n) is 8.39. The second-order valence-corrected chi connectivity index (χ2v) is 8.39. The third-order valence-electron chi connectivity index (χ3n) is 6.09. The average Bonchev–Trinajstić information content (AvgIpc) is 2.81. The van der Waals surface area contributed by atoms with Crippen LogP contribution in [0.25, 0.3) is 21.5 Å². The van der Waals surface area contributed by atoms with Gasteiger partial charge in [-0.1, -0.05) is 48.5 Å². The Hall–Kier alpha value is -2.06. The zero-order valence-electron chi connectivity index (χ0n) is 19.2. The summed E-state index contributed by atoms with van der Waals surface area (Å²) in [6.07, 6.45) is 0. The van der Waals surface area contributed by atoms with Crippen LogP contribution in [-0.2, 0) is 6.54 Å². The molecule has 6 heteroatoms. The van der Waals surface area contributed by atoms with E-state index in [9.17, 15) is 15.3 Å². The Labute approximate surface area is 191 Å². The number of benzene rings is 3. The van der Waals surface area contributed by atoms with Crippen LogP contribution in [0.1, 0.15) is 5.56 Å². The first-order chi connectivity index (χ1) is 15.7. The van der Waals surface area contributed by atoms with Crippen molar-refractivity contribution >= 4 is 21.5 Å². The molecular formula is C26H37N3O3. The molecule has 0 fully saturated rings. The Morgan fingerprint density at radius 2 is 1.03 bits per heavy atom. The van der Waals surface area contributed by atoms with Gasteiger partial charge in [-0.2, -0.15) is 0 Å². The zero-order chi connectivity index (χ0) is 22.8. The van der Waals surface area contributed by atoms with Crippen molar-refractivity contribution in [2.45, 2.75) is 6.54 Å². The van der Waals surface area contributed by atoms with Gasteiger partial charge in [0.05, 0.1) is 19.8 Å². The van der Waals surface area contributed by atoms with Crippen molar-refractivity contribution < 1.29 is 15.3 Å². The number of nitrogens with zero attached hydrogens (tertiary/aromatic N) is 3. The Morgan fingerprint density at radius 3 is 1.53 bits per heavy atom. The van der Waals surface area contributed by atoms with Crippen LogP contribution in [0.15, 0.2) is 54.6 Å². The van der Waals surface area contributed by atoms with E-state index in [0.717, 1.165) is 32.7 Å². The minimum Gasteiger partial charge on any atom is -0.395 e. The lowest BCUT2D eigenvalue weighted by Crippen LogP contribution is -2.41. The first kappa shape index (κ1) is 24.6. The van der Waals surface area contributed by atoms with Crippen LogP contribution < -0.4 is 0 Å². The fourth-order valence-corrected chi connectivity index (χ4v) is 4.32. The quantitative estimate of drug-likeness (QED) is 0.334. The number of rotatable bonds is 14. The summed E-state index contributed by atoms with van der Waals surface area (Å²) in [5, 5.41) is 33.1. The maximum Gasteiger partial charge on any atom is 0.0558 e. The normalized spacial score (nSPS) is 12.1. The molecule has 0 saturated carbocycles. The van der Waals surface area contributed by atoms with Gasteiger partial charge in [0.15, 0.2) is 0 Å². The second kappa shape index (κ2) is 12.8. The van der Waals surface area contributed by atoms with Crippen LogP contribution in [0.4, 0.5) is 0 Å². The van der Waals surface area contributed by atoms with E-state index < -0.39 is 0 Å². The molecule has 174 valence electrons. The minimum atomic E-state index is 0.0850. The van der Waals surface area contributed by atoms with E-state index >= 15 is 0 Å². The van der Waals surface area contributed by atoms with E-state index in [1.807, 2.05) is 0 Å². The van der Waals surface area contributed by atoms with Crippen LogP contribution in [0.5, 0.6) is 0 Å². The molecule has 0 spiro atoms. The maximum atomic E-state index is 9.50. The Bertz CT molecular complexity index is 905. The Kier molecular flexibility index (Phi) is 9.87. The lowest BCUT2D eigenvalue weighted by Gasteiger charge is -2.28. The van der Waals surface area contributed by atoms with Gasteiger partial charge < -0.3 is 20.2 Å². The Morgan fingerprint density at radius 1 is 0.594 bits per heavy atom. The average molecular weight is 440 g/mol. The molecular weight excluding hydrogens is 402 g/mol. The third kappa shape index (κ3) is 6.72. The number of hydrogen-bond donors (Lipinski definition) is 3. The maximum absolute atomic E-state index is 9.50. The van der Waals surface area contributed by atoms with Crippen LogP contribution in [0.2, 0.25) is 0 Å². The van der Waals surface area contributed by atoms with E-state index in [-0.39, 0.29) is 19.8 Å². The number of hydrogen-bond acceptors (Lipinski definition) is 6. The molecule has 0 atom stereocenters. The predicted molar refractivity (Wildman–Crippen MR) is 132 cm³/mol. The van der Waals surface area contributed by atoms with Gasteiger partial charge in [0.25, 0.3) is 0 Å². The van der Waals surface area contributed by atoms with Gasteiger partial charge in [0, 0.05) is 52.4 Å². The summed E-state index contributed by atoms with van der Waals surface area (Å²) in [6, 6.07) is 19.4. The molecule has 0 aromatic heterocycles. The number of likely N-dealkylation sites (N-methyl/N-ethyl adjacent to an activating group) is 1. The molecule has 0 aliphatic carbocycles. The third-order valence-corrected chi connectivity index (χ3v) is 6.09. The molecule has 0 aliphatic rings. The summed E-state index contributed by atoms with van der Waals surface area (Å²) in [5.41, 5.74) is 1.35. The van der Waals surface area contributed by atoms with Gasteiger partial charge in [-0.15, -0.1) is 0 Å². The predicted octanol–water partition coefficient (Wildman–Crippen LogP) is 2.01. The smallest absolute Gasteiger partial charge is 0.0558 e. The van der Waals surface area contributed by atoms with Gasteiger partial charge in [-0.25, -0.2) is 0 Å². The monoisotopic (exact) mass is 439 g/mol. The van der Waals surface area contributed by atoms with E-state index in [1.165, 1.54) is 27.1 Å². The summed E-state index contributed by atoms with van der Waals surface area (Å²) in [7, 11) is 2.15. The van der Waals surface area contributed by atoms with Crippen molar-refractivity contribution in [3.8, 4) is 0 Å². The highest BCUT2D eigenvalue weighted by Gasteiger charge is 2.13. The summed E-state index contributed by atoms with van der Waals surface area (Å²) >= 11 is 0. The van der Waals surface area contributed by atoms with E-state index in [0.29, 0.717) is 19.6 Å². The van der Waals surface area contributed by atoms with Gasteiger partial charge in [0.2, 0.25) is 0 Å². The molecule has 6 nitrogen and oxygen atoms in total. The SMILES string of the molecule is CN(CCN(CCO)CCN(CCO)CCO)Cc1c2ccccc2cc2ccccc12. The van der Waals surface area contributed by atoms with Crippen molar-refractivity contribution in [1.29, 1.82) is 0 Å². The van der Waals surface area contributed by atoms with E-state index in [2.05, 4.69) is 76.3 Å². The molecule has 0 bridgehead atoms. The highest BCUT2D eigenvalue weighted by molar-refractivity contribution is 6.02. The molecule has 0 unspecified atom stereocenters. The van der Waals surface area contributed by atoms with Crippen LogP contribution in [0.3, 0.4) is 0 Å². The fourth-order valence-electron chi connectivity index (χ4n) is 4.32. The van der Waals surface area contributed by atoms with Crippen molar-refractivity contribution in [2.75, 3.05) is 72.7 Å². The molecule has 0 amide bonds. The van der Waals surface area contributed by atoms with Gasteiger partial charge >= 0.3 is 0 Å². The fraction of sp³-hybridized carbons (Fsp3) is 0.462. The number of aliphatic hydroxyl groups excluding tert-OH is 3. The summed E-state index contributed by atoms with van der Waals surface area (Å²) in [4.78, 5) is 6.65. The van der Waals surface area contributed by atoms with Gasteiger partial charge in [-0.3, -0.25) is 9.80 Å². The van der Waals surface area contributed by atoms with Gasteiger partial charge in [0.1, 0.15) is 0 Å². The molecule has 3 aromatic rings. The van der Waals surface area contributed by atoms with Crippen molar-refractivity contribution in [3.05, 3.63) is 60.2 Å². The van der Waals surface area contributed by atoms with E-state index in [1.54, 1.807) is 0 Å². The number of fused-ring (bicyclic) bond motifs is 2. The molecule has 3 rings (SSSR count).